The molecule has 2 atom stereocenters. The molecule has 0 unspecified atom stereocenters. The van der Waals surface area contributed by atoms with Gasteiger partial charge in [-0.25, -0.2) is 8.78 Å². The van der Waals surface area contributed by atoms with Crippen LogP contribution in [-0.4, -0.2) is 19.1 Å². The van der Waals surface area contributed by atoms with Crippen LogP contribution in [-0.2, 0) is 11.3 Å². The Morgan fingerprint density at radius 1 is 1.08 bits per heavy atom. The Hall–Kier alpha value is -2.47. The van der Waals surface area contributed by atoms with Gasteiger partial charge in [-0.1, -0.05) is 18.2 Å². The van der Waals surface area contributed by atoms with Crippen molar-refractivity contribution in [1.29, 1.82) is 0 Å². The van der Waals surface area contributed by atoms with Crippen LogP contribution in [0.25, 0.3) is 0 Å². The number of halogens is 2. The Morgan fingerprint density at radius 2 is 1.76 bits per heavy atom. The smallest absolute Gasteiger partial charge is 0.237 e. The third-order valence-corrected chi connectivity index (χ3v) is 3.96. The van der Waals surface area contributed by atoms with Crippen LogP contribution in [0.5, 0.6) is 5.75 Å². The molecule has 2 rings (SSSR count). The Morgan fingerprint density at radius 3 is 2.36 bits per heavy atom. The first-order valence-electron chi connectivity index (χ1n) is 8.02. The van der Waals surface area contributed by atoms with Gasteiger partial charge in [0.2, 0.25) is 5.91 Å². The zero-order chi connectivity index (χ0) is 18.4. The summed E-state index contributed by atoms with van der Waals surface area (Å²) in [6.07, 6.45) is 0. The maximum absolute atomic E-state index is 13.3. The second kappa shape index (κ2) is 8.58. The summed E-state index contributed by atoms with van der Waals surface area (Å²) < 4.78 is 31.4. The van der Waals surface area contributed by atoms with E-state index >= 15 is 0 Å². The first-order chi connectivity index (χ1) is 11.9. The highest BCUT2D eigenvalue weighted by molar-refractivity contribution is 5.81. The summed E-state index contributed by atoms with van der Waals surface area (Å²) in [5.41, 5.74) is 1.53. The van der Waals surface area contributed by atoms with Gasteiger partial charge in [-0.2, -0.15) is 0 Å². The SMILES string of the molecule is COc1ccc(CNC(=O)[C@@H](C)N[C@H](C)c2ccc(F)c(F)c2)cc1. The van der Waals surface area contributed by atoms with E-state index in [0.717, 1.165) is 23.4 Å². The van der Waals surface area contributed by atoms with Crippen LogP contribution in [0.2, 0.25) is 0 Å². The first kappa shape index (κ1) is 18.9. The standard InChI is InChI=1S/C19H22F2N2O2/c1-12(15-6-9-17(20)18(21)10-15)23-13(2)19(24)22-11-14-4-7-16(25-3)8-5-14/h4-10,12-13,23H,11H2,1-3H3,(H,22,24)/t12-,13-/m1/s1. The van der Waals surface area contributed by atoms with Crippen LogP contribution < -0.4 is 15.4 Å². The van der Waals surface area contributed by atoms with E-state index in [9.17, 15) is 13.6 Å². The van der Waals surface area contributed by atoms with Gasteiger partial charge in [0.25, 0.3) is 0 Å². The van der Waals surface area contributed by atoms with Gasteiger partial charge in [-0.3, -0.25) is 10.1 Å². The lowest BCUT2D eigenvalue weighted by molar-refractivity contribution is -0.123. The average molecular weight is 348 g/mol. The summed E-state index contributed by atoms with van der Waals surface area (Å²) in [5.74, 6) is -1.21. The molecule has 0 aliphatic heterocycles. The van der Waals surface area contributed by atoms with E-state index in [1.54, 1.807) is 21.0 Å². The number of nitrogens with one attached hydrogen (secondary N) is 2. The molecule has 2 aromatic carbocycles. The molecule has 134 valence electrons. The lowest BCUT2D eigenvalue weighted by Crippen LogP contribution is -2.42. The molecule has 0 aromatic heterocycles. The van der Waals surface area contributed by atoms with Crippen molar-refractivity contribution in [3.05, 3.63) is 65.2 Å². The van der Waals surface area contributed by atoms with E-state index in [1.807, 2.05) is 24.3 Å². The van der Waals surface area contributed by atoms with Crippen molar-refractivity contribution >= 4 is 5.91 Å². The van der Waals surface area contributed by atoms with Gasteiger partial charge >= 0.3 is 0 Å². The van der Waals surface area contributed by atoms with Gasteiger partial charge in [0.05, 0.1) is 13.2 Å². The van der Waals surface area contributed by atoms with E-state index in [-0.39, 0.29) is 11.9 Å². The lowest BCUT2D eigenvalue weighted by Gasteiger charge is -2.20. The molecule has 25 heavy (non-hydrogen) atoms. The predicted molar refractivity (Wildman–Crippen MR) is 92.2 cm³/mol. The molecule has 2 aromatic rings. The van der Waals surface area contributed by atoms with Gasteiger partial charge in [0, 0.05) is 12.6 Å². The second-order valence-electron chi connectivity index (χ2n) is 5.85. The van der Waals surface area contributed by atoms with Crippen molar-refractivity contribution < 1.29 is 18.3 Å². The molecular formula is C19H22F2N2O2. The minimum Gasteiger partial charge on any atom is -0.497 e. The number of methoxy groups -OCH3 is 1. The molecule has 0 bridgehead atoms. The van der Waals surface area contributed by atoms with E-state index in [2.05, 4.69) is 10.6 Å². The van der Waals surface area contributed by atoms with Crippen LogP contribution in [0.4, 0.5) is 8.78 Å². The monoisotopic (exact) mass is 348 g/mol. The number of ether oxygens (including phenoxy) is 1. The molecule has 6 heteroatoms. The van der Waals surface area contributed by atoms with Crippen molar-refractivity contribution in [2.24, 2.45) is 0 Å². The van der Waals surface area contributed by atoms with E-state index in [1.165, 1.54) is 6.07 Å². The topological polar surface area (TPSA) is 50.4 Å². The Labute approximate surface area is 146 Å². The van der Waals surface area contributed by atoms with Crippen molar-refractivity contribution in [2.75, 3.05) is 7.11 Å². The van der Waals surface area contributed by atoms with Gasteiger partial charge in [-0.15, -0.1) is 0 Å². The Bertz CT molecular complexity index is 720. The van der Waals surface area contributed by atoms with Crippen LogP contribution in [0.1, 0.15) is 31.0 Å². The van der Waals surface area contributed by atoms with Crippen molar-refractivity contribution in [3.8, 4) is 5.75 Å². The van der Waals surface area contributed by atoms with E-state index in [4.69, 9.17) is 4.74 Å². The summed E-state index contributed by atoms with van der Waals surface area (Å²) in [5, 5.41) is 5.91. The van der Waals surface area contributed by atoms with Gasteiger partial charge in [0.1, 0.15) is 5.75 Å². The maximum atomic E-state index is 13.3. The number of carbonyl (C=O) groups excluding carboxylic acids is 1. The first-order valence-corrected chi connectivity index (χ1v) is 8.02. The molecule has 0 heterocycles. The minimum atomic E-state index is -0.900. The molecule has 2 N–H and O–H groups in total. The summed E-state index contributed by atoms with van der Waals surface area (Å²) in [6.45, 7) is 3.91. The number of rotatable bonds is 7. The van der Waals surface area contributed by atoms with Crippen LogP contribution in [0, 0.1) is 11.6 Å². The number of amides is 1. The van der Waals surface area contributed by atoms with Crippen molar-refractivity contribution in [2.45, 2.75) is 32.5 Å². The number of carbonyl (C=O) groups is 1. The van der Waals surface area contributed by atoms with Crippen LogP contribution in [0.15, 0.2) is 42.5 Å². The van der Waals surface area contributed by atoms with Crippen LogP contribution >= 0.6 is 0 Å². The quantitative estimate of drug-likeness (QED) is 0.807. The molecule has 4 nitrogen and oxygen atoms in total. The highest BCUT2D eigenvalue weighted by Gasteiger charge is 2.17. The fourth-order valence-electron chi connectivity index (χ4n) is 2.41. The molecule has 0 saturated carbocycles. The zero-order valence-corrected chi connectivity index (χ0v) is 14.5. The third kappa shape index (κ3) is 5.26. The van der Waals surface area contributed by atoms with Gasteiger partial charge < -0.3 is 10.1 Å². The molecule has 0 aliphatic carbocycles. The summed E-state index contributed by atoms with van der Waals surface area (Å²) in [6, 6.07) is 10.3. The van der Waals surface area contributed by atoms with E-state index in [0.29, 0.717) is 12.1 Å². The predicted octanol–water partition coefficient (Wildman–Crippen LogP) is 3.33. The fraction of sp³-hybridized carbons (Fsp3) is 0.316. The summed E-state index contributed by atoms with van der Waals surface area (Å²) in [4.78, 5) is 12.2. The van der Waals surface area contributed by atoms with Gasteiger partial charge in [-0.05, 0) is 49.2 Å². The zero-order valence-electron chi connectivity index (χ0n) is 14.5. The van der Waals surface area contributed by atoms with Crippen molar-refractivity contribution in [1.82, 2.24) is 10.6 Å². The largest absolute Gasteiger partial charge is 0.497 e. The number of hydrogen-bond acceptors (Lipinski definition) is 3. The van der Waals surface area contributed by atoms with Gasteiger partial charge in [0.15, 0.2) is 11.6 Å². The number of benzene rings is 2. The average Bonchev–Trinajstić information content (AvgIpc) is 2.62. The summed E-state index contributed by atoms with van der Waals surface area (Å²) >= 11 is 0. The Kier molecular flexibility index (Phi) is 6.47. The molecule has 1 amide bonds. The third-order valence-electron chi connectivity index (χ3n) is 3.96. The normalized spacial score (nSPS) is 13.2. The highest BCUT2D eigenvalue weighted by atomic mass is 19.2. The fourth-order valence-corrected chi connectivity index (χ4v) is 2.41. The lowest BCUT2D eigenvalue weighted by atomic mass is 10.1. The molecule has 0 spiro atoms. The van der Waals surface area contributed by atoms with Crippen LogP contribution in [0.3, 0.4) is 0 Å². The maximum Gasteiger partial charge on any atom is 0.237 e. The second-order valence-corrected chi connectivity index (χ2v) is 5.85. The molecule has 0 aliphatic rings. The molecular weight excluding hydrogens is 326 g/mol. The Balaban J connectivity index is 1.87. The minimum absolute atomic E-state index is 0.176. The molecule has 0 radical (unpaired) electrons. The number of hydrogen-bond donors (Lipinski definition) is 2. The highest BCUT2D eigenvalue weighted by Crippen LogP contribution is 2.16. The molecule has 0 fully saturated rings. The van der Waals surface area contributed by atoms with E-state index < -0.39 is 17.7 Å². The summed E-state index contributed by atoms with van der Waals surface area (Å²) in [7, 11) is 1.60. The van der Waals surface area contributed by atoms with Crippen molar-refractivity contribution in [3.63, 3.8) is 0 Å². The molecule has 0 saturated heterocycles.